The van der Waals surface area contributed by atoms with Gasteiger partial charge in [-0.25, -0.2) is 0 Å². The van der Waals surface area contributed by atoms with Crippen LogP contribution >= 0.6 is 23.4 Å². The fourth-order valence-electron chi connectivity index (χ4n) is 1.73. The molecule has 1 atom stereocenters. The lowest BCUT2D eigenvalue weighted by Gasteiger charge is -2.24. The number of fused-ring (bicyclic) bond motifs is 1. The Balaban J connectivity index is 2.52. The Bertz CT molecular complexity index is 669. The third-order valence-corrected chi connectivity index (χ3v) is 3.52. The normalized spacial score (nSPS) is 20.7. The van der Waals surface area contributed by atoms with E-state index in [2.05, 4.69) is 4.99 Å². The number of amidine groups is 1. The molecule has 1 aliphatic heterocycles. The Labute approximate surface area is 130 Å². The van der Waals surface area contributed by atoms with E-state index in [1.807, 2.05) is 0 Å². The van der Waals surface area contributed by atoms with Crippen molar-refractivity contribution in [3.63, 3.8) is 0 Å². The van der Waals surface area contributed by atoms with Crippen molar-refractivity contribution in [2.75, 3.05) is 0 Å². The summed E-state index contributed by atoms with van der Waals surface area (Å²) in [6.07, 6.45) is -0.878. The summed E-state index contributed by atoms with van der Waals surface area (Å²) in [6.45, 7) is 5.01. The lowest BCUT2D eigenvalue weighted by Crippen LogP contribution is -2.49. The number of carbonyl (C=O) groups excluding carboxylic acids is 1. The Morgan fingerprint density at radius 1 is 1.43 bits per heavy atom. The van der Waals surface area contributed by atoms with Gasteiger partial charge in [-0.05, 0) is 30.8 Å². The summed E-state index contributed by atoms with van der Waals surface area (Å²) in [7, 11) is 0. The zero-order valence-corrected chi connectivity index (χ0v) is 13.0. The molecule has 0 saturated carbocycles. The number of hydrogen-bond acceptors (Lipinski definition) is 5. The fourth-order valence-corrected chi connectivity index (χ4v) is 2.19. The molecule has 1 heterocycles. The number of nitro benzene ring substituents is 1. The number of nitro groups is 1. The van der Waals surface area contributed by atoms with E-state index in [9.17, 15) is 14.9 Å². The SMILES string of the molecule is CC(C)(C)OC(=O)[N+]1(Cl)C(Cl)=Nc2ccc([N+](=O)[O-])cc21. The van der Waals surface area contributed by atoms with E-state index in [-0.39, 0.29) is 22.4 Å². The Morgan fingerprint density at radius 2 is 2.05 bits per heavy atom. The number of ether oxygens (including phenoxy) is 1. The predicted octanol–water partition coefficient (Wildman–Crippen LogP) is 4.23. The monoisotopic (exact) mass is 332 g/mol. The average molecular weight is 333 g/mol. The molecule has 1 unspecified atom stereocenters. The molecule has 21 heavy (non-hydrogen) atoms. The van der Waals surface area contributed by atoms with Crippen molar-refractivity contribution in [3.05, 3.63) is 28.3 Å². The maximum absolute atomic E-state index is 12.3. The highest BCUT2D eigenvalue weighted by molar-refractivity contribution is 6.74. The number of rotatable bonds is 1. The number of quaternary nitrogens is 1. The van der Waals surface area contributed by atoms with Crippen LogP contribution in [0.15, 0.2) is 23.2 Å². The number of aliphatic imine (C=N–C) groups is 1. The van der Waals surface area contributed by atoms with Crippen molar-refractivity contribution in [1.29, 1.82) is 0 Å². The van der Waals surface area contributed by atoms with Gasteiger partial charge in [0.2, 0.25) is 5.69 Å². The summed E-state index contributed by atoms with van der Waals surface area (Å²) in [4.78, 5) is 26.5. The van der Waals surface area contributed by atoms with Crippen LogP contribution < -0.4 is 4.00 Å². The van der Waals surface area contributed by atoms with Gasteiger partial charge >= 0.3 is 11.4 Å². The Kier molecular flexibility index (Phi) is 3.69. The van der Waals surface area contributed by atoms with Crippen LogP contribution in [0.3, 0.4) is 0 Å². The van der Waals surface area contributed by atoms with Gasteiger partial charge < -0.3 is 4.74 Å². The van der Waals surface area contributed by atoms with E-state index >= 15 is 0 Å². The van der Waals surface area contributed by atoms with Crippen LogP contribution in [-0.2, 0) is 4.74 Å². The molecule has 0 aromatic heterocycles. The van der Waals surface area contributed by atoms with Crippen molar-refractivity contribution in [1.82, 2.24) is 4.00 Å². The van der Waals surface area contributed by atoms with Gasteiger partial charge in [0.25, 0.3) is 5.69 Å². The van der Waals surface area contributed by atoms with Crippen LogP contribution in [0, 0.1) is 10.1 Å². The van der Waals surface area contributed by atoms with Gasteiger partial charge in [-0.2, -0.15) is 9.79 Å². The maximum Gasteiger partial charge on any atom is 0.548 e. The number of nitrogens with zero attached hydrogens (tertiary/aromatic N) is 3. The number of halogens is 2. The molecule has 0 spiro atoms. The van der Waals surface area contributed by atoms with Crippen LogP contribution in [0.25, 0.3) is 0 Å². The summed E-state index contributed by atoms with van der Waals surface area (Å²) in [5, 5.41) is 10.6. The van der Waals surface area contributed by atoms with Gasteiger partial charge in [-0.3, -0.25) is 10.1 Å². The minimum absolute atomic E-state index is 0.0881. The Morgan fingerprint density at radius 3 is 2.57 bits per heavy atom. The minimum atomic E-state index is -1.07. The second kappa shape index (κ2) is 4.94. The van der Waals surface area contributed by atoms with Crippen molar-refractivity contribution < 1.29 is 14.5 Å². The van der Waals surface area contributed by atoms with E-state index in [4.69, 9.17) is 28.1 Å². The Hall–Kier alpha value is -1.70. The zero-order chi connectivity index (χ0) is 16.0. The van der Waals surface area contributed by atoms with Gasteiger partial charge in [0.05, 0.1) is 11.0 Å². The van der Waals surface area contributed by atoms with Gasteiger partial charge in [0.15, 0.2) is 11.8 Å². The fraction of sp³-hybridized carbons (Fsp3) is 0.333. The molecule has 112 valence electrons. The first-order valence-electron chi connectivity index (χ1n) is 5.92. The molecule has 1 aromatic carbocycles. The lowest BCUT2D eigenvalue weighted by molar-refractivity contribution is -0.384. The average Bonchev–Trinajstić information content (AvgIpc) is 2.60. The molecule has 7 nitrogen and oxygen atoms in total. The number of amides is 1. The van der Waals surface area contributed by atoms with Crippen molar-refractivity contribution in [2.45, 2.75) is 26.4 Å². The molecule has 1 aliphatic rings. The molecule has 9 heteroatoms. The lowest BCUT2D eigenvalue weighted by atomic mass is 10.2. The van der Waals surface area contributed by atoms with E-state index in [0.717, 1.165) is 6.07 Å². The molecule has 0 aliphatic carbocycles. The summed E-state index contributed by atoms with van der Waals surface area (Å²) >= 11 is 12.2. The van der Waals surface area contributed by atoms with Gasteiger partial charge in [-0.15, -0.1) is 0 Å². The number of carbonyl (C=O) groups is 1. The van der Waals surface area contributed by atoms with Gasteiger partial charge in [0, 0.05) is 17.7 Å². The molecule has 1 amide bonds. The topological polar surface area (TPSA) is 81.8 Å². The first-order valence-corrected chi connectivity index (χ1v) is 6.63. The minimum Gasteiger partial charge on any atom is -0.412 e. The number of hydrogen-bond donors (Lipinski definition) is 0. The first-order chi connectivity index (χ1) is 9.55. The smallest absolute Gasteiger partial charge is 0.412 e. The van der Waals surface area contributed by atoms with Crippen molar-refractivity contribution in [2.24, 2.45) is 4.99 Å². The first kappa shape index (κ1) is 15.7. The zero-order valence-electron chi connectivity index (χ0n) is 11.5. The molecule has 2 rings (SSSR count). The number of non-ortho nitro benzene ring substituents is 1. The molecular formula is C12H12Cl2N3O4+. The van der Waals surface area contributed by atoms with E-state index in [0.29, 0.717) is 0 Å². The van der Waals surface area contributed by atoms with E-state index < -0.39 is 20.6 Å². The third kappa shape index (κ3) is 2.72. The summed E-state index contributed by atoms with van der Waals surface area (Å²) < 4.78 is 4.14. The second-order valence-electron chi connectivity index (χ2n) is 5.38. The van der Waals surface area contributed by atoms with Gasteiger partial charge in [0.1, 0.15) is 11.3 Å². The van der Waals surface area contributed by atoms with E-state index in [1.165, 1.54) is 12.1 Å². The van der Waals surface area contributed by atoms with Crippen LogP contribution in [-0.4, -0.2) is 21.9 Å². The standard InChI is InChI=1S/C12H12Cl2N3O4/c1-12(2,3)21-11(18)17(14)9-6-7(16(19)20)4-5-8(9)15-10(17)13/h4-6H,1-3H3/q+1. The van der Waals surface area contributed by atoms with Crippen molar-refractivity contribution in [3.8, 4) is 0 Å². The van der Waals surface area contributed by atoms with Crippen LogP contribution in [0.2, 0.25) is 0 Å². The summed E-state index contributed by atoms with van der Waals surface area (Å²) in [5.41, 5.74) is -0.642. The van der Waals surface area contributed by atoms with Crippen LogP contribution in [0.4, 0.5) is 21.9 Å². The largest absolute Gasteiger partial charge is 0.548 e. The highest BCUT2D eigenvalue weighted by atomic mass is 35.5. The highest BCUT2D eigenvalue weighted by Gasteiger charge is 2.54. The molecular weight excluding hydrogens is 321 g/mol. The summed E-state index contributed by atoms with van der Waals surface area (Å²) in [5.74, 6) is 0. The molecule has 0 N–H and O–H groups in total. The number of benzene rings is 1. The molecule has 1 aromatic rings. The quantitative estimate of drug-likeness (QED) is 0.333. The van der Waals surface area contributed by atoms with Gasteiger partial charge in [-0.1, -0.05) is 0 Å². The highest BCUT2D eigenvalue weighted by Crippen LogP contribution is 2.46. The maximum atomic E-state index is 12.3. The third-order valence-electron chi connectivity index (χ3n) is 2.61. The summed E-state index contributed by atoms with van der Waals surface area (Å²) in [6, 6.07) is 3.79. The molecule has 0 radical (unpaired) electrons. The van der Waals surface area contributed by atoms with Crippen LogP contribution in [0.5, 0.6) is 0 Å². The van der Waals surface area contributed by atoms with E-state index in [1.54, 1.807) is 20.8 Å². The van der Waals surface area contributed by atoms with Crippen molar-refractivity contribution >= 4 is 51.8 Å². The molecule has 0 fully saturated rings. The molecule has 0 bridgehead atoms. The predicted molar refractivity (Wildman–Crippen MR) is 79.9 cm³/mol. The molecule has 0 saturated heterocycles. The van der Waals surface area contributed by atoms with Crippen LogP contribution in [0.1, 0.15) is 20.8 Å². The second-order valence-corrected chi connectivity index (χ2v) is 6.23.